The zero-order chi connectivity index (χ0) is 17.2. The van der Waals surface area contributed by atoms with E-state index in [2.05, 4.69) is 23.7 Å². The summed E-state index contributed by atoms with van der Waals surface area (Å²) in [6.45, 7) is 2.05. The van der Waals surface area contributed by atoms with Gasteiger partial charge in [0.15, 0.2) is 0 Å². The summed E-state index contributed by atoms with van der Waals surface area (Å²) in [5.74, 6) is 1.19. The van der Waals surface area contributed by atoms with Crippen molar-refractivity contribution in [3.8, 4) is 11.5 Å². The van der Waals surface area contributed by atoms with Gasteiger partial charge in [-0.15, -0.1) is 11.3 Å². The van der Waals surface area contributed by atoms with Crippen molar-refractivity contribution in [1.29, 1.82) is 0 Å². The Balaban J connectivity index is 1.61. The quantitative estimate of drug-likeness (QED) is 0.739. The van der Waals surface area contributed by atoms with Crippen LogP contribution in [-0.4, -0.2) is 11.9 Å². The highest BCUT2D eigenvalue weighted by Crippen LogP contribution is 2.43. The normalized spacial score (nSPS) is 14.1. The molecule has 2 heterocycles. The third kappa shape index (κ3) is 3.17. The zero-order valence-corrected chi connectivity index (χ0v) is 14.8. The van der Waals surface area contributed by atoms with Gasteiger partial charge >= 0.3 is 0 Å². The largest absolute Gasteiger partial charge is 0.457 e. The summed E-state index contributed by atoms with van der Waals surface area (Å²) in [4.78, 5) is 14.4. The van der Waals surface area contributed by atoms with Gasteiger partial charge in [-0.25, -0.2) is 0 Å². The third-order valence-electron chi connectivity index (χ3n) is 4.42. The standard InChI is InChI=1S/C21H19NO2S/c1-14(13-15-7-6-12-25-15)22-21(23)20-16-8-2-4-10-18(16)24-19-11-5-3-9-17(19)20/h2-12,14,20H,13H2,1H3,(H,22,23)/t14-/m0/s1. The Morgan fingerprint density at radius 1 is 1.04 bits per heavy atom. The first-order valence-electron chi connectivity index (χ1n) is 8.41. The van der Waals surface area contributed by atoms with Gasteiger partial charge in [0.05, 0.1) is 5.92 Å². The first-order valence-corrected chi connectivity index (χ1v) is 9.29. The Labute approximate surface area is 151 Å². The maximum absolute atomic E-state index is 13.1. The molecule has 3 nitrogen and oxygen atoms in total. The van der Waals surface area contributed by atoms with Crippen molar-refractivity contribution in [2.24, 2.45) is 0 Å². The summed E-state index contributed by atoms with van der Waals surface area (Å²) in [6.07, 6.45) is 0.843. The Kier molecular flexibility index (Phi) is 4.28. The maximum atomic E-state index is 13.1. The number of carbonyl (C=O) groups excluding carboxylic acids is 1. The molecule has 0 fully saturated rings. The molecular formula is C21H19NO2S. The number of amides is 1. The highest BCUT2D eigenvalue weighted by molar-refractivity contribution is 7.09. The van der Waals surface area contributed by atoms with Crippen LogP contribution in [-0.2, 0) is 11.2 Å². The summed E-state index contributed by atoms with van der Waals surface area (Å²) < 4.78 is 5.97. The third-order valence-corrected chi connectivity index (χ3v) is 5.32. The molecule has 126 valence electrons. The van der Waals surface area contributed by atoms with Crippen LogP contribution in [0.15, 0.2) is 66.0 Å². The van der Waals surface area contributed by atoms with E-state index in [1.165, 1.54) is 4.88 Å². The van der Waals surface area contributed by atoms with Crippen molar-refractivity contribution in [2.75, 3.05) is 0 Å². The van der Waals surface area contributed by atoms with Gasteiger partial charge in [-0.05, 0) is 30.5 Å². The van der Waals surface area contributed by atoms with Crippen LogP contribution in [0.3, 0.4) is 0 Å². The van der Waals surface area contributed by atoms with Gasteiger partial charge in [-0.3, -0.25) is 4.79 Å². The van der Waals surface area contributed by atoms with Crippen LogP contribution in [0.5, 0.6) is 11.5 Å². The van der Waals surface area contributed by atoms with Crippen molar-refractivity contribution in [2.45, 2.75) is 25.3 Å². The minimum Gasteiger partial charge on any atom is -0.457 e. The lowest BCUT2D eigenvalue weighted by molar-refractivity contribution is -0.122. The molecule has 1 amide bonds. The molecule has 0 saturated carbocycles. The molecule has 4 rings (SSSR count). The Hall–Kier alpha value is -2.59. The molecule has 1 atom stereocenters. The summed E-state index contributed by atoms with van der Waals surface area (Å²) in [5.41, 5.74) is 1.84. The summed E-state index contributed by atoms with van der Waals surface area (Å²) >= 11 is 1.72. The number of carbonyl (C=O) groups is 1. The van der Waals surface area contributed by atoms with Gasteiger partial charge in [0.2, 0.25) is 5.91 Å². The highest BCUT2D eigenvalue weighted by Gasteiger charge is 2.32. The number of para-hydroxylation sites is 2. The van der Waals surface area contributed by atoms with Crippen molar-refractivity contribution >= 4 is 17.2 Å². The second-order valence-corrected chi connectivity index (χ2v) is 7.34. The lowest BCUT2D eigenvalue weighted by atomic mass is 9.87. The molecule has 1 N–H and O–H groups in total. The van der Waals surface area contributed by atoms with Crippen LogP contribution in [0.1, 0.15) is 28.8 Å². The minimum atomic E-state index is -0.341. The number of ether oxygens (including phenoxy) is 1. The zero-order valence-electron chi connectivity index (χ0n) is 13.9. The maximum Gasteiger partial charge on any atom is 0.232 e. The Morgan fingerprint density at radius 2 is 1.68 bits per heavy atom. The molecule has 0 unspecified atom stereocenters. The van der Waals surface area contributed by atoms with Crippen molar-refractivity contribution < 1.29 is 9.53 Å². The average Bonchev–Trinajstić information content (AvgIpc) is 3.12. The van der Waals surface area contributed by atoms with Crippen molar-refractivity contribution in [3.05, 3.63) is 82.0 Å². The van der Waals surface area contributed by atoms with Gasteiger partial charge < -0.3 is 10.1 Å². The number of hydrogen-bond acceptors (Lipinski definition) is 3. The van der Waals surface area contributed by atoms with E-state index >= 15 is 0 Å². The monoisotopic (exact) mass is 349 g/mol. The summed E-state index contributed by atoms with van der Waals surface area (Å²) in [7, 11) is 0. The van der Waals surface area contributed by atoms with Gasteiger partial charge in [0.25, 0.3) is 0 Å². The van der Waals surface area contributed by atoms with Crippen LogP contribution in [0.2, 0.25) is 0 Å². The fourth-order valence-electron chi connectivity index (χ4n) is 3.30. The first kappa shape index (κ1) is 15.9. The van der Waals surface area contributed by atoms with Gasteiger partial charge in [-0.2, -0.15) is 0 Å². The van der Waals surface area contributed by atoms with Crippen LogP contribution < -0.4 is 10.1 Å². The van der Waals surface area contributed by atoms with E-state index in [4.69, 9.17) is 4.74 Å². The van der Waals surface area contributed by atoms with Crippen molar-refractivity contribution in [3.63, 3.8) is 0 Å². The molecule has 0 radical (unpaired) electrons. The molecule has 3 aromatic rings. The molecule has 0 saturated heterocycles. The summed E-state index contributed by atoms with van der Waals surface area (Å²) in [5, 5.41) is 5.25. The van der Waals surface area contributed by atoms with Gasteiger partial charge in [0.1, 0.15) is 11.5 Å². The van der Waals surface area contributed by atoms with Crippen LogP contribution in [0.25, 0.3) is 0 Å². The molecule has 1 aliphatic rings. The van der Waals surface area contributed by atoms with Gasteiger partial charge in [0, 0.05) is 28.5 Å². The van der Waals surface area contributed by atoms with E-state index in [0.29, 0.717) is 0 Å². The minimum absolute atomic E-state index is 0.0206. The molecule has 2 aromatic carbocycles. The highest BCUT2D eigenvalue weighted by atomic mass is 32.1. The predicted octanol–water partition coefficient (Wildman–Crippen LogP) is 4.73. The second-order valence-electron chi connectivity index (χ2n) is 6.30. The number of rotatable bonds is 4. The molecule has 1 aliphatic heterocycles. The number of fused-ring (bicyclic) bond motifs is 2. The number of benzene rings is 2. The summed E-state index contributed by atoms with van der Waals surface area (Å²) in [6, 6.07) is 19.8. The van der Waals surface area contributed by atoms with Crippen LogP contribution in [0, 0.1) is 0 Å². The van der Waals surface area contributed by atoms with Crippen LogP contribution >= 0.6 is 11.3 Å². The SMILES string of the molecule is C[C@@H](Cc1cccs1)NC(=O)C1c2ccccc2Oc2ccccc21. The number of nitrogens with one attached hydrogen (secondary N) is 1. The fourth-order valence-corrected chi connectivity index (χ4v) is 4.14. The molecule has 1 aromatic heterocycles. The van der Waals surface area contributed by atoms with Crippen LogP contribution in [0.4, 0.5) is 0 Å². The Morgan fingerprint density at radius 3 is 2.28 bits per heavy atom. The first-order chi connectivity index (χ1) is 12.2. The molecule has 4 heteroatoms. The van der Waals surface area contributed by atoms with E-state index in [9.17, 15) is 4.79 Å². The van der Waals surface area contributed by atoms with E-state index < -0.39 is 0 Å². The number of thiophene rings is 1. The molecule has 25 heavy (non-hydrogen) atoms. The van der Waals surface area contributed by atoms with E-state index in [-0.39, 0.29) is 17.9 Å². The molecule has 0 bridgehead atoms. The Bertz CT molecular complexity index is 843. The van der Waals surface area contributed by atoms with Gasteiger partial charge in [-0.1, -0.05) is 42.5 Å². The predicted molar refractivity (Wildman–Crippen MR) is 100 cm³/mol. The smallest absolute Gasteiger partial charge is 0.232 e. The average molecular weight is 349 g/mol. The second kappa shape index (κ2) is 6.73. The molecule has 0 aliphatic carbocycles. The van der Waals surface area contributed by atoms with E-state index in [0.717, 1.165) is 29.0 Å². The van der Waals surface area contributed by atoms with E-state index in [1.807, 2.05) is 54.6 Å². The molecular weight excluding hydrogens is 330 g/mol. The van der Waals surface area contributed by atoms with E-state index in [1.54, 1.807) is 11.3 Å². The van der Waals surface area contributed by atoms with Crippen molar-refractivity contribution in [1.82, 2.24) is 5.32 Å². The molecule has 0 spiro atoms. The lowest BCUT2D eigenvalue weighted by Crippen LogP contribution is -2.38. The fraction of sp³-hybridized carbons (Fsp3) is 0.190. The topological polar surface area (TPSA) is 38.3 Å². The number of hydrogen-bond donors (Lipinski definition) is 1. The lowest BCUT2D eigenvalue weighted by Gasteiger charge is -2.28.